The van der Waals surface area contributed by atoms with Crippen molar-refractivity contribution in [2.45, 2.75) is 25.2 Å². The van der Waals surface area contributed by atoms with Crippen molar-refractivity contribution in [3.05, 3.63) is 129 Å². The van der Waals surface area contributed by atoms with Crippen molar-refractivity contribution in [2.24, 2.45) is 16.8 Å². The summed E-state index contributed by atoms with van der Waals surface area (Å²) in [7, 11) is 0. The zero-order valence-electron chi connectivity index (χ0n) is 21.1. The SMILES string of the molecule is Cc1ccc(N2C(=O)[C@@H]3C4c5ccccc5C(C=Nc5ccc(Cl)cc5)(c5ccccc54)[C@H]3C2=O)c(C)c1. The maximum absolute atomic E-state index is 14.5. The highest BCUT2D eigenvalue weighted by atomic mass is 35.5. The van der Waals surface area contributed by atoms with Gasteiger partial charge in [0.1, 0.15) is 0 Å². The van der Waals surface area contributed by atoms with Crippen molar-refractivity contribution in [1.29, 1.82) is 0 Å². The van der Waals surface area contributed by atoms with E-state index in [0.29, 0.717) is 10.7 Å². The zero-order valence-corrected chi connectivity index (χ0v) is 21.8. The molecule has 0 aromatic heterocycles. The van der Waals surface area contributed by atoms with E-state index >= 15 is 0 Å². The van der Waals surface area contributed by atoms with Gasteiger partial charge in [0.15, 0.2) is 0 Å². The van der Waals surface area contributed by atoms with Gasteiger partial charge in [0.05, 0.1) is 28.6 Å². The third-order valence-corrected chi connectivity index (χ3v) is 8.77. The lowest BCUT2D eigenvalue weighted by Gasteiger charge is -2.52. The number of hydrogen-bond acceptors (Lipinski definition) is 3. The Balaban J connectivity index is 1.50. The summed E-state index contributed by atoms with van der Waals surface area (Å²) in [5.41, 5.74) is 6.82. The minimum absolute atomic E-state index is 0.134. The molecule has 0 saturated carbocycles. The predicted molar refractivity (Wildman–Crippen MR) is 150 cm³/mol. The molecule has 1 saturated heterocycles. The summed E-state index contributed by atoms with van der Waals surface area (Å²) >= 11 is 6.12. The molecule has 1 fully saturated rings. The lowest BCUT2D eigenvalue weighted by molar-refractivity contribution is -0.122. The molecule has 4 aliphatic rings. The highest BCUT2D eigenvalue weighted by Gasteiger charge is 2.68. The average molecular weight is 517 g/mol. The fraction of sp³-hybridized carbons (Fsp3) is 0.182. The molecule has 186 valence electrons. The van der Waals surface area contributed by atoms with Crippen molar-refractivity contribution < 1.29 is 9.59 Å². The maximum Gasteiger partial charge on any atom is 0.239 e. The molecule has 0 spiro atoms. The smallest absolute Gasteiger partial charge is 0.239 e. The number of aryl methyl sites for hydroxylation is 2. The summed E-state index contributed by atoms with van der Waals surface area (Å²) in [6, 6.07) is 29.7. The molecule has 4 aromatic rings. The normalized spacial score (nSPS) is 25.0. The first-order chi connectivity index (χ1) is 18.4. The average Bonchev–Trinajstić information content (AvgIpc) is 3.19. The van der Waals surface area contributed by atoms with Crippen LogP contribution in [0.1, 0.15) is 39.3 Å². The number of amides is 2. The van der Waals surface area contributed by atoms with Crippen LogP contribution in [0.3, 0.4) is 0 Å². The van der Waals surface area contributed by atoms with E-state index in [1.54, 1.807) is 12.1 Å². The molecule has 8 rings (SSSR count). The largest absolute Gasteiger partial charge is 0.274 e. The van der Waals surface area contributed by atoms with Crippen molar-refractivity contribution in [3.8, 4) is 0 Å². The second-order valence-electron chi connectivity index (χ2n) is 10.6. The summed E-state index contributed by atoms with van der Waals surface area (Å²) in [4.78, 5) is 35.1. The van der Waals surface area contributed by atoms with E-state index in [-0.39, 0.29) is 17.7 Å². The van der Waals surface area contributed by atoms with Gasteiger partial charge in [0, 0.05) is 17.2 Å². The lowest BCUT2D eigenvalue weighted by Crippen LogP contribution is -2.54. The molecule has 2 atom stereocenters. The van der Waals surface area contributed by atoms with E-state index in [1.807, 2.05) is 74.7 Å². The van der Waals surface area contributed by atoms with E-state index < -0.39 is 17.3 Å². The molecule has 4 aromatic carbocycles. The van der Waals surface area contributed by atoms with E-state index in [4.69, 9.17) is 16.6 Å². The number of carbonyl (C=O) groups is 2. The molecule has 2 bridgehead atoms. The van der Waals surface area contributed by atoms with Crippen LogP contribution >= 0.6 is 11.6 Å². The highest BCUT2D eigenvalue weighted by molar-refractivity contribution is 6.30. The van der Waals surface area contributed by atoms with Gasteiger partial charge in [-0.1, -0.05) is 77.8 Å². The van der Waals surface area contributed by atoms with Gasteiger partial charge in [0.2, 0.25) is 11.8 Å². The molecule has 4 nitrogen and oxygen atoms in total. The van der Waals surface area contributed by atoms with Gasteiger partial charge in [-0.3, -0.25) is 14.6 Å². The van der Waals surface area contributed by atoms with E-state index in [1.165, 1.54) is 4.90 Å². The topological polar surface area (TPSA) is 49.7 Å². The second-order valence-corrected chi connectivity index (χ2v) is 11.0. The van der Waals surface area contributed by atoms with Gasteiger partial charge in [-0.15, -0.1) is 0 Å². The minimum Gasteiger partial charge on any atom is -0.274 e. The zero-order chi connectivity index (χ0) is 26.2. The van der Waals surface area contributed by atoms with Gasteiger partial charge < -0.3 is 0 Å². The van der Waals surface area contributed by atoms with Crippen molar-refractivity contribution in [1.82, 2.24) is 0 Å². The number of halogens is 1. The lowest BCUT2D eigenvalue weighted by atomic mass is 9.47. The standard InChI is InChI=1S/C33H25ClN2O2/c1-19-11-16-27(20(2)17-19)36-31(37)29-28-23-7-3-5-9-25(23)33(30(29)32(36)38,26-10-6-4-8-24(26)28)18-35-22-14-12-21(34)13-15-22/h3-18,28-30H,1-2H3/t28?,29-,30-,33?/m1/s1. The van der Waals surface area contributed by atoms with Crippen LogP contribution in [0.15, 0.2) is 96.0 Å². The number of aliphatic imine (C=N–C) groups is 1. The molecule has 0 radical (unpaired) electrons. The Hall–Kier alpha value is -4.02. The quantitative estimate of drug-likeness (QED) is 0.219. The van der Waals surface area contributed by atoms with Crippen molar-refractivity contribution >= 4 is 41.0 Å². The summed E-state index contributed by atoms with van der Waals surface area (Å²) in [5.74, 6) is -1.59. The summed E-state index contributed by atoms with van der Waals surface area (Å²) in [6.45, 7) is 3.97. The number of imide groups is 1. The molecule has 38 heavy (non-hydrogen) atoms. The molecule has 0 N–H and O–H groups in total. The number of anilines is 1. The van der Waals surface area contributed by atoms with Crippen LogP contribution < -0.4 is 4.90 Å². The van der Waals surface area contributed by atoms with E-state index in [0.717, 1.165) is 39.1 Å². The Kier molecular flexibility index (Phi) is 5.01. The highest BCUT2D eigenvalue weighted by Crippen LogP contribution is 2.63. The van der Waals surface area contributed by atoms with Gasteiger partial charge in [-0.25, -0.2) is 4.90 Å². The predicted octanol–water partition coefficient (Wildman–Crippen LogP) is 6.91. The Morgan fingerprint density at radius 1 is 0.816 bits per heavy atom. The fourth-order valence-electron chi connectivity index (χ4n) is 7.05. The minimum atomic E-state index is -0.883. The van der Waals surface area contributed by atoms with E-state index in [9.17, 15) is 9.59 Å². The van der Waals surface area contributed by atoms with Crippen LogP contribution in [0.2, 0.25) is 5.02 Å². The first-order valence-electron chi connectivity index (χ1n) is 12.9. The molecule has 3 aliphatic carbocycles. The fourth-order valence-corrected chi connectivity index (χ4v) is 7.17. The molecule has 1 heterocycles. The Morgan fingerprint density at radius 3 is 2.08 bits per heavy atom. The molecular weight excluding hydrogens is 492 g/mol. The third kappa shape index (κ3) is 3.01. The van der Waals surface area contributed by atoms with Gasteiger partial charge >= 0.3 is 0 Å². The molecule has 2 amide bonds. The maximum atomic E-state index is 14.5. The van der Waals surface area contributed by atoms with Gasteiger partial charge in [-0.05, 0) is 72.0 Å². The molecular formula is C33H25ClN2O2. The van der Waals surface area contributed by atoms with Crippen molar-refractivity contribution in [3.63, 3.8) is 0 Å². The third-order valence-electron chi connectivity index (χ3n) is 8.52. The number of rotatable bonds is 3. The molecule has 0 unspecified atom stereocenters. The van der Waals surface area contributed by atoms with Gasteiger partial charge in [0.25, 0.3) is 0 Å². The monoisotopic (exact) mass is 516 g/mol. The van der Waals surface area contributed by atoms with E-state index in [2.05, 4.69) is 24.3 Å². The van der Waals surface area contributed by atoms with Crippen LogP contribution in [0.5, 0.6) is 0 Å². The van der Waals surface area contributed by atoms with Crippen LogP contribution in [0.4, 0.5) is 11.4 Å². The van der Waals surface area contributed by atoms with Crippen LogP contribution in [0, 0.1) is 25.7 Å². The first kappa shape index (κ1) is 23.1. The van der Waals surface area contributed by atoms with Crippen molar-refractivity contribution in [2.75, 3.05) is 4.90 Å². The van der Waals surface area contributed by atoms with Gasteiger partial charge in [-0.2, -0.15) is 0 Å². The Bertz CT molecular complexity index is 1630. The van der Waals surface area contributed by atoms with Crippen LogP contribution in [-0.4, -0.2) is 18.0 Å². The Morgan fingerprint density at radius 2 is 1.45 bits per heavy atom. The van der Waals surface area contributed by atoms with Crippen LogP contribution in [0.25, 0.3) is 0 Å². The summed E-state index contributed by atoms with van der Waals surface area (Å²) in [5, 5.41) is 0.636. The van der Waals surface area contributed by atoms with Crippen LogP contribution in [-0.2, 0) is 15.0 Å². The number of nitrogens with zero attached hydrogens (tertiary/aromatic N) is 2. The summed E-state index contributed by atoms with van der Waals surface area (Å²) in [6.07, 6.45) is 1.91. The Labute approximate surface area is 226 Å². The molecule has 5 heteroatoms. The molecule has 1 aliphatic heterocycles. The first-order valence-corrected chi connectivity index (χ1v) is 13.2. The number of hydrogen-bond donors (Lipinski definition) is 0. The number of benzene rings is 4. The summed E-state index contributed by atoms with van der Waals surface area (Å²) < 4.78 is 0. The number of carbonyl (C=O) groups excluding carboxylic acids is 2. The second kappa shape index (κ2) is 8.24.